The van der Waals surface area contributed by atoms with Crippen LogP contribution in [0.3, 0.4) is 0 Å². The van der Waals surface area contributed by atoms with Crippen molar-refractivity contribution in [2.75, 3.05) is 6.26 Å². The highest BCUT2D eigenvalue weighted by atomic mass is 79.9. The van der Waals surface area contributed by atoms with Crippen molar-refractivity contribution < 1.29 is 26.7 Å². The molecule has 5 nitrogen and oxygen atoms in total. The number of halogens is 3. The van der Waals surface area contributed by atoms with Gasteiger partial charge in [0.05, 0.1) is 5.69 Å². The molecule has 148 valence electrons. The molecule has 0 radical (unpaired) electrons. The maximum atomic E-state index is 14.8. The minimum absolute atomic E-state index is 0.544. The molecule has 1 saturated heterocycles. The fraction of sp³-hybridized carbons (Fsp3) is 0.556. The fourth-order valence-corrected chi connectivity index (χ4v) is 6.17. The Balaban J connectivity index is 2.10. The average Bonchev–Trinajstić information content (AvgIpc) is 2.80. The summed E-state index contributed by atoms with van der Waals surface area (Å²) in [5.41, 5.74) is 0.544. The fourth-order valence-electron chi connectivity index (χ4n) is 4.29. The smallest absolute Gasteiger partial charge is 0.328 e. The van der Waals surface area contributed by atoms with E-state index >= 15 is 0 Å². The van der Waals surface area contributed by atoms with Crippen molar-refractivity contribution in [3.8, 4) is 0 Å². The predicted octanol–water partition coefficient (Wildman–Crippen LogP) is 3.49. The van der Waals surface area contributed by atoms with Gasteiger partial charge in [0.25, 0.3) is 5.92 Å². The number of hydrogen-bond acceptors (Lipinski definition) is 5. The number of alkyl halides is 2. The SMILES string of the molecule is C[C@H]1OC(=O)[C@]2(S(C)(=O)=O)CC(F)(F)[C@@H](C)[C@H](C=Cc3ccc(Br)cn3)[C@H]12. The van der Waals surface area contributed by atoms with E-state index in [9.17, 15) is 22.0 Å². The van der Waals surface area contributed by atoms with Crippen LogP contribution in [-0.2, 0) is 19.4 Å². The van der Waals surface area contributed by atoms with Crippen LogP contribution < -0.4 is 0 Å². The van der Waals surface area contributed by atoms with Crippen molar-refractivity contribution in [3.63, 3.8) is 0 Å². The van der Waals surface area contributed by atoms with E-state index in [1.807, 2.05) is 0 Å². The Kier molecular flexibility index (Phi) is 5.00. The van der Waals surface area contributed by atoms with E-state index in [1.54, 1.807) is 31.3 Å². The van der Waals surface area contributed by atoms with Crippen LogP contribution in [0.1, 0.15) is 26.0 Å². The van der Waals surface area contributed by atoms with Crippen LogP contribution in [0.5, 0.6) is 0 Å². The predicted molar refractivity (Wildman–Crippen MR) is 99.8 cm³/mol. The number of esters is 1. The Morgan fingerprint density at radius 3 is 2.56 bits per heavy atom. The van der Waals surface area contributed by atoms with Crippen LogP contribution in [0.2, 0.25) is 0 Å². The number of pyridine rings is 1. The van der Waals surface area contributed by atoms with Crippen molar-refractivity contribution in [3.05, 3.63) is 34.6 Å². The lowest BCUT2D eigenvalue weighted by atomic mass is 9.64. The Labute approximate surface area is 165 Å². The van der Waals surface area contributed by atoms with E-state index < -0.39 is 56.8 Å². The topological polar surface area (TPSA) is 73.3 Å². The summed E-state index contributed by atoms with van der Waals surface area (Å²) in [6.45, 7) is 2.94. The normalized spacial score (nSPS) is 35.9. The molecule has 0 spiro atoms. The number of hydrogen-bond donors (Lipinski definition) is 0. The third-order valence-electron chi connectivity index (χ3n) is 5.74. The van der Waals surface area contributed by atoms with Gasteiger partial charge >= 0.3 is 5.97 Å². The number of fused-ring (bicyclic) bond motifs is 1. The molecule has 1 aromatic rings. The molecule has 9 heteroatoms. The first-order valence-corrected chi connectivity index (χ1v) is 11.2. The van der Waals surface area contributed by atoms with E-state index in [2.05, 4.69) is 20.9 Å². The van der Waals surface area contributed by atoms with Gasteiger partial charge < -0.3 is 4.74 Å². The summed E-state index contributed by atoms with van der Waals surface area (Å²) in [6.07, 6.45) is 3.70. The minimum Gasteiger partial charge on any atom is -0.461 e. The molecular weight excluding hydrogens is 444 g/mol. The number of sulfone groups is 1. The molecule has 1 aliphatic heterocycles. The van der Waals surface area contributed by atoms with Crippen LogP contribution >= 0.6 is 15.9 Å². The first-order valence-electron chi connectivity index (χ1n) is 8.48. The van der Waals surface area contributed by atoms with Gasteiger partial charge in [-0.3, -0.25) is 9.78 Å². The summed E-state index contributed by atoms with van der Waals surface area (Å²) in [5.74, 6) is -7.31. The van der Waals surface area contributed by atoms with Gasteiger partial charge in [-0.05, 0) is 47.0 Å². The van der Waals surface area contributed by atoms with Crippen molar-refractivity contribution in [2.24, 2.45) is 17.8 Å². The monoisotopic (exact) mass is 463 g/mol. The van der Waals surface area contributed by atoms with Crippen molar-refractivity contribution >= 4 is 37.8 Å². The van der Waals surface area contributed by atoms with Gasteiger partial charge in [0.2, 0.25) is 0 Å². The van der Waals surface area contributed by atoms with Crippen LogP contribution in [0.4, 0.5) is 8.78 Å². The largest absolute Gasteiger partial charge is 0.461 e. The van der Waals surface area contributed by atoms with Crippen molar-refractivity contribution in [1.29, 1.82) is 0 Å². The lowest BCUT2D eigenvalue weighted by molar-refractivity contribution is -0.148. The molecule has 1 aromatic heterocycles. The number of nitrogens with zero attached hydrogens (tertiary/aromatic N) is 1. The molecule has 2 heterocycles. The molecule has 0 amide bonds. The summed E-state index contributed by atoms with van der Waals surface area (Å²) >= 11 is 3.27. The number of carbonyl (C=O) groups excluding carboxylic acids is 1. The number of ether oxygens (including phenoxy) is 1. The van der Waals surface area contributed by atoms with E-state index in [0.717, 1.165) is 10.7 Å². The average molecular weight is 464 g/mol. The third kappa shape index (κ3) is 3.22. The number of allylic oxidation sites excluding steroid dienone is 1. The lowest BCUT2D eigenvalue weighted by Gasteiger charge is -2.46. The van der Waals surface area contributed by atoms with Gasteiger partial charge in [-0.2, -0.15) is 0 Å². The zero-order valence-corrected chi connectivity index (χ0v) is 17.4. The summed E-state index contributed by atoms with van der Waals surface area (Å²) < 4.78 is 58.4. The standard InChI is InChI=1S/C18H20BrF2NO4S/c1-10-14(7-6-13-5-4-12(19)8-22-13)15-11(2)26-16(23)17(15,27(3,24)25)9-18(10,20)21/h4-8,10-11,14-15H,9H2,1-3H3/t10-,11+,14-,15-,17-/m0/s1. The van der Waals surface area contributed by atoms with Gasteiger partial charge in [0.1, 0.15) is 6.10 Å². The van der Waals surface area contributed by atoms with E-state index in [-0.39, 0.29) is 0 Å². The Hall–Kier alpha value is -1.35. The molecule has 0 unspecified atom stereocenters. The Morgan fingerprint density at radius 1 is 1.33 bits per heavy atom. The van der Waals surface area contributed by atoms with Crippen molar-refractivity contribution in [1.82, 2.24) is 4.98 Å². The van der Waals surface area contributed by atoms with E-state index in [4.69, 9.17) is 4.74 Å². The minimum atomic E-state index is -4.13. The van der Waals surface area contributed by atoms with Gasteiger partial charge in [0.15, 0.2) is 14.6 Å². The number of aromatic nitrogens is 1. The molecule has 2 aliphatic rings. The van der Waals surface area contributed by atoms with E-state index in [0.29, 0.717) is 5.69 Å². The summed E-state index contributed by atoms with van der Waals surface area (Å²) in [6, 6.07) is 3.47. The van der Waals surface area contributed by atoms with Gasteiger partial charge in [0, 0.05) is 35.2 Å². The van der Waals surface area contributed by atoms with Crippen LogP contribution in [0, 0.1) is 17.8 Å². The first-order chi connectivity index (χ1) is 12.4. The van der Waals surface area contributed by atoms with E-state index in [1.165, 1.54) is 13.0 Å². The van der Waals surface area contributed by atoms with Crippen molar-refractivity contribution in [2.45, 2.75) is 37.0 Å². The Morgan fingerprint density at radius 2 is 2.00 bits per heavy atom. The highest BCUT2D eigenvalue weighted by molar-refractivity contribution is 9.10. The molecule has 3 rings (SSSR count). The number of carbonyl (C=O) groups is 1. The highest BCUT2D eigenvalue weighted by Gasteiger charge is 2.72. The molecule has 0 bridgehead atoms. The second-order valence-corrected chi connectivity index (χ2v) is 10.6. The summed E-state index contributed by atoms with van der Waals surface area (Å²) in [7, 11) is -4.13. The second-order valence-electron chi connectivity index (χ2n) is 7.36. The van der Waals surface area contributed by atoms with Crippen LogP contribution in [0.25, 0.3) is 6.08 Å². The zero-order chi connectivity index (χ0) is 20.2. The summed E-state index contributed by atoms with van der Waals surface area (Å²) in [4.78, 5) is 16.6. The molecule has 2 fully saturated rings. The maximum Gasteiger partial charge on any atom is 0.328 e. The number of rotatable bonds is 3. The first kappa shape index (κ1) is 20.4. The third-order valence-corrected chi connectivity index (χ3v) is 8.12. The maximum absolute atomic E-state index is 14.8. The van der Waals surface area contributed by atoms with Crippen LogP contribution in [-0.4, -0.2) is 42.4 Å². The quantitative estimate of drug-likeness (QED) is 0.641. The number of cyclic esters (lactones) is 1. The summed E-state index contributed by atoms with van der Waals surface area (Å²) in [5, 5.41) is 0. The van der Waals surface area contributed by atoms with Crippen LogP contribution in [0.15, 0.2) is 28.9 Å². The van der Waals surface area contributed by atoms with Gasteiger partial charge in [-0.1, -0.05) is 13.0 Å². The molecule has 1 saturated carbocycles. The van der Waals surface area contributed by atoms with Gasteiger partial charge in [-0.25, -0.2) is 17.2 Å². The Bertz CT molecular complexity index is 887. The second kappa shape index (κ2) is 6.62. The molecule has 1 aliphatic carbocycles. The molecular formula is C18H20BrF2NO4S. The molecule has 27 heavy (non-hydrogen) atoms. The molecule has 0 aromatic carbocycles. The highest BCUT2D eigenvalue weighted by Crippen LogP contribution is 2.57. The lowest BCUT2D eigenvalue weighted by Crippen LogP contribution is -2.61. The van der Waals surface area contributed by atoms with Gasteiger partial charge in [-0.15, -0.1) is 0 Å². The zero-order valence-electron chi connectivity index (χ0n) is 15.0. The molecule has 0 N–H and O–H groups in total. The molecule has 5 atom stereocenters.